The molecular formula is C22H30N4O2. The third-order valence-electron chi connectivity index (χ3n) is 5.15. The number of ether oxygens (including phenoxy) is 1. The Morgan fingerprint density at radius 3 is 2.71 bits per heavy atom. The summed E-state index contributed by atoms with van der Waals surface area (Å²) in [6.07, 6.45) is 2.54. The molecule has 1 aliphatic heterocycles. The lowest BCUT2D eigenvalue weighted by atomic mass is 10.1. The number of phenols is 1. The van der Waals surface area contributed by atoms with Crippen LogP contribution in [0.25, 0.3) is 0 Å². The molecule has 150 valence electrons. The van der Waals surface area contributed by atoms with Crippen LogP contribution in [0.15, 0.2) is 47.5 Å². The molecule has 2 aromatic rings. The fraction of sp³-hybridized carbons (Fsp3) is 0.409. The minimum Gasteiger partial charge on any atom is -0.508 e. The lowest BCUT2D eigenvalue weighted by molar-refractivity contribution is 0.410. The molecule has 0 aromatic heterocycles. The van der Waals surface area contributed by atoms with E-state index in [1.54, 1.807) is 26.3 Å². The van der Waals surface area contributed by atoms with E-state index in [1.165, 1.54) is 24.1 Å². The molecule has 0 amide bonds. The zero-order valence-corrected chi connectivity index (χ0v) is 16.9. The monoisotopic (exact) mass is 382 g/mol. The highest BCUT2D eigenvalue weighted by Crippen LogP contribution is 2.24. The Balaban J connectivity index is 1.62. The Labute approximate surface area is 167 Å². The maximum Gasteiger partial charge on any atom is 0.191 e. The van der Waals surface area contributed by atoms with Gasteiger partial charge in [0.15, 0.2) is 5.96 Å². The van der Waals surface area contributed by atoms with Crippen LogP contribution in [-0.4, -0.2) is 38.3 Å². The first-order chi connectivity index (χ1) is 13.6. The lowest BCUT2D eigenvalue weighted by Gasteiger charge is -2.22. The second-order valence-corrected chi connectivity index (χ2v) is 7.08. The molecule has 6 heteroatoms. The van der Waals surface area contributed by atoms with Gasteiger partial charge in [-0.1, -0.05) is 12.1 Å². The van der Waals surface area contributed by atoms with E-state index in [9.17, 15) is 5.11 Å². The van der Waals surface area contributed by atoms with Gasteiger partial charge in [0.2, 0.25) is 0 Å². The van der Waals surface area contributed by atoms with Gasteiger partial charge < -0.3 is 25.4 Å². The summed E-state index contributed by atoms with van der Waals surface area (Å²) in [7, 11) is 3.36. The van der Waals surface area contributed by atoms with Crippen molar-refractivity contribution in [1.29, 1.82) is 0 Å². The third-order valence-corrected chi connectivity index (χ3v) is 5.15. The number of benzene rings is 2. The van der Waals surface area contributed by atoms with Crippen LogP contribution >= 0.6 is 0 Å². The molecular weight excluding hydrogens is 352 g/mol. The lowest BCUT2D eigenvalue weighted by Crippen LogP contribution is -2.38. The molecule has 0 radical (unpaired) electrons. The van der Waals surface area contributed by atoms with E-state index < -0.39 is 0 Å². The third kappa shape index (κ3) is 4.88. The highest BCUT2D eigenvalue weighted by molar-refractivity contribution is 5.80. The van der Waals surface area contributed by atoms with Crippen LogP contribution in [0.5, 0.6) is 11.5 Å². The Morgan fingerprint density at radius 2 is 2.00 bits per heavy atom. The van der Waals surface area contributed by atoms with Crippen molar-refractivity contribution in [3.8, 4) is 11.5 Å². The Morgan fingerprint density at radius 1 is 1.21 bits per heavy atom. The van der Waals surface area contributed by atoms with Crippen molar-refractivity contribution in [2.75, 3.05) is 32.1 Å². The number of methoxy groups -OCH3 is 1. The van der Waals surface area contributed by atoms with E-state index in [0.717, 1.165) is 18.7 Å². The minimum atomic E-state index is 0.104. The molecule has 3 rings (SSSR count). The number of rotatable bonds is 6. The molecule has 0 aliphatic carbocycles. The summed E-state index contributed by atoms with van der Waals surface area (Å²) in [5.74, 6) is 1.63. The van der Waals surface area contributed by atoms with Gasteiger partial charge in [-0.05, 0) is 55.7 Å². The van der Waals surface area contributed by atoms with E-state index in [1.807, 2.05) is 6.07 Å². The summed E-state index contributed by atoms with van der Waals surface area (Å²) in [4.78, 5) is 6.75. The van der Waals surface area contributed by atoms with E-state index >= 15 is 0 Å². The van der Waals surface area contributed by atoms with E-state index in [0.29, 0.717) is 18.3 Å². The van der Waals surface area contributed by atoms with Crippen LogP contribution in [0.4, 0.5) is 5.69 Å². The van der Waals surface area contributed by atoms with Crippen molar-refractivity contribution in [1.82, 2.24) is 10.6 Å². The quantitative estimate of drug-likeness (QED) is 0.528. The van der Waals surface area contributed by atoms with Crippen LogP contribution < -0.4 is 20.3 Å². The smallest absolute Gasteiger partial charge is 0.191 e. The standard InChI is InChI=1S/C22H30N4O2/c1-16(17-7-6-8-19(13-17)26-11-4-5-12-26)25-22(23-2)24-15-18-14-20(28-3)9-10-21(18)27/h6-10,13-14,16,27H,4-5,11-12,15H2,1-3H3,(H2,23,24,25). The maximum atomic E-state index is 10.0. The van der Waals surface area contributed by atoms with Crippen molar-refractivity contribution in [2.24, 2.45) is 4.99 Å². The molecule has 1 atom stereocenters. The normalized spacial score (nSPS) is 15.4. The predicted molar refractivity (Wildman–Crippen MR) is 114 cm³/mol. The van der Waals surface area contributed by atoms with Crippen molar-refractivity contribution >= 4 is 11.6 Å². The van der Waals surface area contributed by atoms with Gasteiger partial charge >= 0.3 is 0 Å². The predicted octanol–water partition coefficient (Wildman–Crippen LogP) is 3.43. The molecule has 3 N–H and O–H groups in total. The minimum absolute atomic E-state index is 0.104. The molecule has 1 unspecified atom stereocenters. The average Bonchev–Trinajstić information content (AvgIpc) is 3.27. The van der Waals surface area contributed by atoms with Gasteiger partial charge in [0.1, 0.15) is 11.5 Å². The Bertz CT molecular complexity index is 816. The summed E-state index contributed by atoms with van der Waals surface area (Å²) in [6, 6.07) is 14.0. The van der Waals surface area contributed by atoms with Crippen LogP contribution in [0.1, 0.15) is 36.9 Å². The van der Waals surface area contributed by atoms with Gasteiger partial charge in [0.05, 0.1) is 13.2 Å². The SMILES string of the molecule is CN=C(NCc1cc(OC)ccc1O)NC(C)c1cccc(N2CCCC2)c1. The molecule has 28 heavy (non-hydrogen) atoms. The van der Waals surface area contributed by atoms with Crippen molar-refractivity contribution in [3.05, 3.63) is 53.6 Å². The van der Waals surface area contributed by atoms with E-state index in [-0.39, 0.29) is 11.8 Å². The van der Waals surface area contributed by atoms with Crippen molar-refractivity contribution in [2.45, 2.75) is 32.4 Å². The topological polar surface area (TPSA) is 69.1 Å². The second kappa shape index (κ2) is 9.35. The number of nitrogens with one attached hydrogen (secondary N) is 2. The number of nitrogens with zero attached hydrogens (tertiary/aromatic N) is 2. The van der Waals surface area contributed by atoms with Gasteiger partial charge in [0.25, 0.3) is 0 Å². The fourth-order valence-electron chi connectivity index (χ4n) is 3.46. The zero-order chi connectivity index (χ0) is 19.9. The Kier molecular flexibility index (Phi) is 6.63. The number of hydrogen-bond acceptors (Lipinski definition) is 4. The van der Waals surface area contributed by atoms with Crippen molar-refractivity contribution in [3.63, 3.8) is 0 Å². The molecule has 1 aliphatic rings. The molecule has 0 saturated carbocycles. The van der Waals surface area contributed by atoms with Crippen LogP contribution in [0.3, 0.4) is 0 Å². The fourth-order valence-corrected chi connectivity index (χ4v) is 3.46. The van der Waals surface area contributed by atoms with Gasteiger partial charge in [-0.15, -0.1) is 0 Å². The number of anilines is 1. The van der Waals surface area contributed by atoms with Gasteiger partial charge in [0, 0.05) is 37.9 Å². The molecule has 0 spiro atoms. The average molecular weight is 383 g/mol. The van der Waals surface area contributed by atoms with E-state index in [2.05, 4.69) is 51.7 Å². The first-order valence-corrected chi connectivity index (χ1v) is 9.78. The molecule has 2 aromatic carbocycles. The van der Waals surface area contributed by atoms with Gasteiger partial charge in [-0.3, -0.25) is 4.99 Å². The first-order valence-electron chi connectivity index (χ1n) is 9.78. The largest absolute Gasteiger partial charge is 0.508 e. The maximum absolute atomic E-state index is 10.0. The second-order valence-electron chi connectivity index (χ2n) is 7.08. The number of hydrogen-bond donors (Lipinski definition) is 3. The summed E-state index contributed by atoms with van der Waals surface area (Å²) >= 11 is 0. The highest BCUT2D eigenvalue weighted by Gasteiger charge is 2.14. The zero-order valence-electron chi connectivity index (χ0n) is 16.9. The molecule has 1 fully saturated rings. The molecule has 0 bridgehead atoms. The summed E-state index contributed by atoms with van der Waals surface area (Å²) in [5.41, 5.74) is 3.26. The summed E-state index contributed by atoms with van der Waals surface area (Å²) in [5, 5.41) is 16.7. The van der Waals surface area contributed by atoms with Gasteiger partial charge in [-0.2, -0.15) is 0 Å². The van der Waals surface area contributed by atoms with Crippen molar-refractivity contribution < 1.29 is 9.84 Å². The molecule has 6 nitrogen and oxygen atoms in total. The van der Waals surface area contributed by atoms with E-state index in [4.69, 9.17) is 4.74 Å². The Hall–Kier alpha value is -2.89. The summed E-state index contributed by atoms with van der Waals surface area (Å²) < 4.78 is 5.23. The first kappa shape index (κ1) is 19.9. The number of aliphatic imine (C=N–C) groups is 1. The van der Waals surface area contributed by atoms with Crippen LogP contribution in [-0.2, 0) is 6.54 Å². The number of guanidine groups is 1. The van der Waals surface area contributed by atoms with Crippen LogP contribution in [0.2, 0.25) is 0 Å². The highest BCUT2D eigenvalue weighted by atomic mass is 16.5. The van der Waals surface area contributed by atoms with Gasteiger partial charge in [-0.25, -0.2) is 0 Å². The molecule has 1 saturated heterocycles. The number of aromatic hydroxyl groups is 1. The number of phenolic OH excluding ortho intramolecular Hbond substituents is 1. The van der Waals surface area contributed by atoms with Crippen LogP contribution in [0, 0.1) is 0 Å². The molecule has 1 heterocycles. The summed E-state index contributed by atoms with van der Waals surface area (Å²) in [6.45, 7) is 4.85.